The number of rotatable bonds is 3. The lowest BCUT2D eigenvalue weighted by Crippen LogP contribution is -2.40. The minimum Gasteiger partial charge on any atom is -0.424 e. The van der Waals surface area contributed by atoms with Crippen molar-refractivity contribution in [2.45, 2.75) is 31.7 Å². The first-order valence-electron chi connectivity index (χ1n) is 6.65. The highest BCUT2D eigenvalue weighted by atomic mass is 16.4. The van der Waals surface area contributed by atoms with Gasteiger partial charge in [0.2, 0.25) is 5.91 Å². The van der Waals surface area contributed by atoms with E-state index < -0.39 is 0 Å². The summed E-state index contributed by atoms with van der Waals surface area (Å²) in [5.41, 5.74) is 7.02. The Kier molecular flexibility index (Phi) is 3.11. The van der Waals surface area contributed by atoms with Gasteiger partial charge in [0.25, 0.3) is 6.01 Å². The molecule has 0 spiro atoms. The number of anilines is 1. The quantitative estimate of drug-likeness (QED) is 0.886. The molecule has 1 fully saturated rings. The Balaban J connectivity index is 1.80. The first kappa shape index (κ1) is 12.0. The van der Waals surface area contributed by atoms with E-state index in [2.05, 4.69) is 10.3 Å². The van der Waals surface area contributed by atoms with E-state index in [1.165, 1.54) is 0 Å². The Morgan fingerprint density at radius 3 is 2.89 bits per heavy atom. The molecule has 3 rings (SSSR count). The lowest BCUT2D eigenvalue weighted by molar-refractivity contribution is -0.122. The number of amides is 1. The number of nitrogens with two attached hydrogens (primary N) is 1. The molecule has 0 radical (unpaired) electrons. The van der Waals surface area contributed by atoms with Gasteiger partial charge >= 0.3 is 0 Å². The fourth-order valence-corrected chi connectivity index (χ4v) is 2.74. The molecule has 1 aliphatic rings. The zero-order valence-corrected chi connectivity index (χ0v) is 10.6. The average molecular weight is 259 g/mol. The molecule has 0 saturated heterocycles. The second-order valence-electron chi connectivity index (χ2n) is 5.03. The summed E-state index contributed by atoms with van der Waals surface area (Å²) in [6, 6.07) is 8.10. The molecule has 1 aromatic carbocycles. The number of carbonyl (C=O) groups excluding carboxylic acids is 1. The summed E-state index contributed by atoms with van der Waals surface area (Å²) in [4.78, 5) is 15.8. The Morgan fingerprint density at radius 1 is 1.32 bits per heavy atom. The summed E-state index contributed by atoms with van der Waals surface area (Å²) >= 11 is 0. The zero-order valence-electron chi connectivity index (χ0n) is 10.6. The van der Waals surface area contributed by atoms with Crippen molar-refractivity contribution in [2.24, 2.45) is 11.7 Å². The normalized spacial score (nSPS) is 23.4. The SMILES string of the molecule is NC(=O)C1CCCCC1Nc1nc2ccccc2o1. The van der Waals surface area contributed by atoms with Gasteiger partial charge in [0.15, 0.2) is 5.58 Å². The van der Waals surface area contributed by atoms with E-state index >= 15 is 0 Å². The van der Waals surface area contributed by atoms with Gasteiger partial charge in [-0.05, 0) is 25.0 Å². The van der Waals surface area contributed by atoms with E-state index in [9.17, 15) is 4.79 Å². The van der Waals surface area contributed by atoms with Crippen molar-refractivity contribution in [3.05, 3.63) is 24.3 Å². The third-order valence-corrected chi connectivity index (χ3v) is 3.73. The maximum Gasteiger partial charge on any atom is 0.295 e. The molecule has 5 heteroatoms. The molecular weight excluding hydrogens is 242 g/mol. The van der Waals surface area contributed by atoms with E-state index in [4.69, 9.17) is 10.2 Å². The molecule has 1 amide bonds. The van der Waals surface area contributed by atoms with E-state index in [1.54, 1.807) is 0 Å². The lowest BCUT2D eigenvalue weighted by atomic mass is 9.84. The largest absolute Gasteiger partial charge is 0.424 e. The van der Waals surface area contributed by atoms with Crippen molar-refractivity contribution in [2.75, 3.05) is 5.32 Å². The van der Waals surface area contributed by atoms with Crippen LogP contribution in [0.15, 0.2) is 28.7 Å². The molecular formula is C14H17N3O2. The van der Waals surface area contributed by atoms with E-state index in [0.717, 1.165) is 36.8 Å². The highest BCUT2D eigenvalue weighted by Gasteiger charge is 2.30. The molecule has 1 aliphatic carbocycles. The number of carbonyl (C=O) groups is 1. The van der Waals surface area contributed by atoms with Gasteiger partial charge in [-0.1, -0.05) is 25.0 Å². The zero-order chi connectivity index (χ0) is 13.2. The molecule has 1 aromatic heterocycles. The first-order chi connectivity index (χ1) is 9.24. The van der Waals surface area contributed by atoms with Crippen molar-refractivity contribution in [3.8, 4) is 0 Å². The van der Waals surface area contributed by atoms with Crippen LogP contribution in [0.1, 0.15) is 25.7 Å². The number of primary amides is 1. The summed E-state index contributed by atoms with van der Waals surface area (Å²) in [6.07, 6.45) is 3.92. The minimum atomic E-state index is -0.242. The topological polar surface area (TPSA) is 81.2 Å². The van der Waals surface area contributed by atoms with Crippen LogP contribution >= 0.6 is 0 Å². The third kappa shape index (κ3) is 2.41. The Morgan fingerprint density at radius 2 is 2.11 bits per heavy atom. The fraction of sp³-hybridized carbons (Fsp3) is 0.429. The standard InChI is InChI=1S/C14H17N3O2/c15-13(18)9-5-1-2-6-10(9)16-14-17-11-7-3-4-8-12(11)19-14/h3-4,7-10H,1-2,5-6H2,(H2,15,18)(H,16,17). The fourth-order valence-electron chi connectivity index (χ4n) is 2.74. The molecule has 5 nitrogen and oxygen atoms in total. The predicted molar refractivity (Wildman–Crippen MR) is 72.6 cm³/mol. The molecule has 19 heavy (non-hydrogen) atoms. The number of oxazole rings is 1. The second-order valence-corrected chi connectivity index (χ2v) is 5.03. The maximum atomic E-state index is 11.5. The van der Waals surface area contributed by atoms with Crippen molar-refractivity contribution in [1.29, 1.82) is 0 Å². The molecule has 0 bridgehead atoms. The van der Waals surface area contributed by atoms with E-state index in [0.29, 0.717) is 6.01 Å². The molecule has 2 atom stereocenters. The number of nitrogens with zero attached hydrogens (tertiary/aromatic N) is 1. The van der Waals surface area contributed by atoms with Gasteiger partial charge < -0.3 is 15.5 Å². The van der Waals surface area contributed by atoms with Crippen molar-refractivity contribution in [1.82, 2.24) is 4.98 Å². The number of nitrogens with one attached hydrogen (secondary N) is 1. The molecule has 100 valence electrons. The summed E-state index contributed by atoms with van der Waals surface area (Å²) in [7, 11) is 0. The van der Waals surface area contributed by atoms with Crippen LogP contribution in [0.3, 0.4) is 0 Å². The smallest absolute Gasteiger partial charge is 0.295 e. The van der Waals surface area contributed by atoms with Crippen LogP contribution in [0.2, 0.25) is 0 Å². The van der Waals surface area contributed by atoms with E-state index in [1.807, 2.05) is 24.3 Å². The highest BCUT2D eigenvalue weighted by Crippen LogP contribution is 2.28. The average Bonchev–Trinajstić information content (AvgIpc) is 2.81. The van der Waals surface area contributed by atoms with Gasteiger partial charge in [-0.2, -0.15) is 4.98 Å². The molecule has 0 aliphatic heterocycles. The summed E-state index contributed by atoms with van der Waals surface area (Å²) in [5.74, 6) is -0.378. The molecule has 2 unspecified atom stereocenters. The van der Waals surface area contributed by atoms with Crippen molar-refractivity contribution in [3.63, 3.8) is 0 Å². The van der Waals surface area contributed by atoms with Gasteiger partial charge in [-0.25, -0.2) is 0 Å². The van der Waals surface area contributed by atoms with Crippen molar-refractivity contribution >= 4 is 23.0 Å². The summed E-state index contributed by atoms with van der Waals surface area (Å²) < 4.78 is 5.62. The lowest BCUT2D eigenvalue weighted by Gasteiger charge is -2.29. The number of hydrogen-bond acceptors (Lipinski definition) is 4. The Hall–Kier alpha value is -2.04. The van der Waals surface area contributed by atoms with Crippen LogP contribution in [0, 0.1) is 5.92 Å². The molecule has 2 aromatic rings. The summed E-state index contributed by atoms with van der Waals surface area (Å²) in [5, 5.41) is 3.22. The highest BCUT2D eigenvalue weighted by molar-refractivity contribution is 5.78. The van der Waals surface area contributed by atoms with Crippen molar-refractivity contribution < 1.29 is 9.21 Å². The Bertz CT molecular complexity index is 560. The van der Waals surface area contributed by atoms with Gasteiger partial charge in [0.05, 0.1) is 5.92 Å². The van der Waals surface area contributed by atoms with Gasteiger partial charge in [0.1, 0.15) is 5.52 Å². The minimum absolute atomic E-state index is 0.0271. The molecule has 1 saturated carbocycles. The molecule has 1 heterocycles. The van der Waals surface area contributed by atoms with Gasteiger partial charge in [0, 0.05) is 6.04 Å². The number of para-hydroxylation sites is 2. The third-order valence-electron chi connectivity index (χ3n) is 3.73. The number of fused-ring (bicyclic) bond motifs is 1. The van der Waals surface area contributed by atoms with Crippen LogP contribution in [0.4, 0.5) is 6.01 Å². The van der Waals surface area contributed by atoms with Gasteiger partial charge in [-0.3, -0.25) is 4.79 Å². The van der Waals surface area contributed by atoms with Crippen LogP contribution < -0.4 is 11.1 Å². The number of aromatic nitrogens is 1. The Labute approximate surface area is 111 Å². The van der Waals surface area contributed by atoms with Crippen LogP contribution in [0.25, 0.3) is 11.1 Å². The van der Waals surface area contributed by atoms with Crippen LogP contribution in [-0.4, -0.2) is 16.9 Å². The predicted octanol–water partition coefficient (Wildman–Crippen LogP) is 2.28. The first-order valence-corrected chi connectivity index (χ1v) is 6.65. The van der Waals surface area contributed by atoms with Gasteiger partial charge in [-0.15, -0.1) is 0 Å². The monoisotopic (exact) mass is 259 g/mol. The van der Waals surface area contributed by atoms with E-state index in [-0.39, 0.29) is 17.9 Å². The summed E-state index contributed by atoms with van der Waals surface area (Å²) in [6.45, 7) is 0. The molecule has 3 N–H and O–H groups in total. The van der Waals surface area contributed by atoms with Crippen LogP contribution in [0.5, 0.6) is 0 Å². The number of hydrogen-bond donors (Lipinski definition) is 2. The maximum absolute atomic E-state index is 11.5. The number of benzene rings is 1. The van der Waals surface area contributed by atoms with Crippen LogP contribution in [-0.2, 0) is 4.79 Å². The second kappa shape index (κ2) is 4.91.